The predicted molar refractivity (Wildman–Crippen MR) is 101 cm³/mol. The highest BCUT2D eigenvalue weighted by Crippen LogP contribution is 2.40. The van der Waals surface area contributed by atoms with E-state index in [1.54, 1.807) is 31.6 Å². The predicted octanol–water partition coefficient (Wildman–Crippen LogP) is 3.65. The summed E-state index contributed by atoms with van der Waals surface area (Å²) in [6.07, 6.45) is 1.74. The molecular weight excluding hydrogens is 350 g/mol. The highest BCUT2D eigenvalue weighted by atomic mass is 16.5. The normalized spacial score (nSPS) is 10.5. The molecular formula is C20H21NO6. The highest BCUT2D eigenvalue weighted by Gasteiger charge is 2.16. The average molecular weight is 371 g/mol. The zero-order valence-corrected chi connectivity index (χ0v) is 15.6. The van der Waals surface area contributed by atoms with Gasteiger partial charge in [-0.05, 0) is 12.1 Å². The van der Waals surface area contributed by atoms with Gasteiger partial charge < -0.3 is 28.7 Å². The zero-order valence-electron chi connectivity index (χ0n) is 15.6. The number of rotatable bonds is 7. The second-order valence-electron chi connectivity index (χ2n) is 5.76. The summed E-state index contributed by atoms with van der Waals surface area (Å²) in [5, 5.41) is 3.72. The van der Waals surface area contributed by atoms with Crippen LogP contribution in [0.5, 0.6) is 23.0 Å². The maximum absolute atomic E-state index is 12.5. The molecule has 7 heteroatoms. The summed E-state index contributed by atoms with van der Waals surface area (Å²) in [7, 11) is 6.16. The molecule has 2 aromatic carbocycles. The van der Waals surface area contributed by atoms with E-state index in [9.17, 15) is 4.79 Å². The molecule has 1 aromatic heterocycles. The van der Waals surface area contributed by atoms with Crippen LogP contribution in [0.25, 0.3) is 11.0 Å². The molecule has 0 aliphatic heterocycles. The van der Waals surface area contributed by atoms with Gasteiger partial charge in [0.25, 0.3) is 0 Å². The van der Waals surface area contributed by atoms with Gasteiger partial charge in [-0.3, -0.25) is 4.79 Å². The van der Waals surface area contributed by atoms with E-state index >= 15 is 0 Å². The molecule has 142 valence electrons. The van der Waals surface area contributed by atoms with Gasteiger partial charge in [-0.2, -0.15) is 0 Å². The third kappa shape index (κ3) is 3.76. The van der Waals surface area contributed by atoms with Crippen molar-refractivity contribution in [2.24, 2.45) is 0 Å². The van der Waals surface area contributed by atoms with E-state index in [1.807, 2.05) is 12.1 Å². The minimum atomic E-state index is -0.192. The molecule has 3 aromatic rings. The van der Waals surface area contributed by atoms with E-state index in [-0.39, 0.29) is 12.3 Å². The van der Waals surface area contributed by atoms with E-state index < -0.39 is 0 Å². The molecule has 0 bridgehead atoms. The highest BCUT2D eigenvalue weighted by molar-refractivity contribution is 5.96. The van der Waals surface area contributed by atoms with E-state index in [0.717, 1.165) is 10.9 Å². The number of fused-ring (bicyclic) bond motifs is 1. The number of amides is 1. The number of carbonyl (C=O) groups excluding carboxylic acids is 1. The third-order valence-corrected chi connectivity index (χ3v) is 4.16. The smallest absolute Gasteiger partial charge is 0.228 e. The molecule has 0 fully saturated rings. The monoisotopic (exact) mass is 371 g/mol. The van der Waals surface area contributed by atoms with Crippen molar-refractivity contribution >= 4 is 22.6 Å². The standard InChI is InChI=1S/C20H21NO6/c1-23-14-5-6-15-12(11-27-16(15)10-14)7-19(22)21-13-8-17(24-2)20(26-4)18(9-13)25-3/h5-6,8-11H,7H2,1-4H3,(H,21,22). The average Bonchev–Trinajstić information content (AvgIpc) is 3.08. The summed E-state index contributed by atoms with van der Waals surface area (Å²) < 4.78 is 26.6. The van der Waals surface area contributed by atoms with Gasteiger partial charge in [-0.25, -0.2) is 0 Å². The number of nitrogens with one attached hydrogen (secondary N) is 1. The van der Waals surface area contributed by atoms with Crippen LogP contribution in [-0.4, -0.2) is 34.3 Å². The fraction of sp³-hybridized carbons (Fsp3) is 0.250. The molecule has 27 heavy (non-hydrogen) atoms. The lowest BCUT2D eigenvalue weighted by atomic mass is 10.1. The number of ether oxygens (including phenoxy) is 4. The summed E-state index contributed by atoms with van der Waals surface area (Å²) in [5.74, 6) is 1.90. The van der Waals surface area contributed by atoms with Gasteiger partial charge in [0.15, 0.2) is 11.5 Å². The van der Waals surface area contributed by atoms with Crippen molar-refractivity contribution in [2.75, 3.05) is 33.8 Å². The fourth-order valence-corrected chi connectivity index (χ4v) is 2.86. The third-order valence-electron chi connectivity index (χ3n) is 4.16. The molecule has 0 unspecified atom stereocenters. The molecule has 0 aliphatic carbocycles. The molecule has 7 nitrogen and oxygen atoms in total. The van der Waals surface area contributed by atoms with E-state index in [1.165, 1.54) is 21.3 Å². The quantitative estimate of drug-likeness (QED) is 0.683. The lowest BCUT2D eigenvalue weighted by molar-refractivity contribution is -0.115. The van der Waals surface area contributed by atoms with E-state index in [4.69, 9.17) is 23.4 Å². The number of furan rings is 1. The summed E-state index contributed by atoms with van der Waals surface area (Å²) in [6, 6.07) is 8.85. The molecule has 0 spiro atoms. The van der Waals surface area contributed by atoms with Crippen LogP contribution in [0.2, 0.25) is 0 Å². The molecule has 0 radical (unpaired) electrons. The summed E-state index contributed by atoms with van der Waals surface area (Å²) in [5.41, 5.74) is 2.01. The molecule has 0 saturated heterocycles. The fourth-order valence-electron chi connectivity index (χ4n) is 2.86. The number of methoxy groups -OCH3 is 4. The van der Waals surface area contributed by atoms with E-state index in [0.29, 0.717) is 34.3 Å². The largest absolute Gasteiger partial charge is 0.497 e. The van der Waals surface area contributed by atoms with Crippen molar-refractivity contribution in [3.05, 3.63) is 42.2 Å². The summed E-state index contributed by atoms with van der Waals surface area (Å²) in [4.78, 5) is 12.5. The number of carbonyl (C=O) groups is 1. The lowest BCUT2D eigenvalue weighted by Gasteiger charge is -2.14. The van der Waals surface area contributed by atoms with Crippen LogP contribution in [0.1, 0.15) is 5.56 Å². The van der Waals surface area contributed by atoms with Crippen LogP contribution in [0.3, 0.4) is 0 Å². The van der Waals surface area contributed by atoms with Crippen molar-refractivity contribution in [2.45, 2.75) is 6.42 Å². The molecule has 1 amide bonds. The topological polar surface area (TPSA) is 79.2 Å². The molecule has 1 heterocycles. The van der Waals surface area contributed by atoms with Crippen LogP contribution in [0.15, 0.2) is 41.0 Å². The first-order valence-corrected chi connectivity index (χ1v) is 8.23. The number of anilines is 1. The van der Waals surface area contributed by atoms with Crippen LogP contribution in [0, 0.1) is 0 Å². The van der Waals surface area contributed by atoms with Crippen molar-refractivity contribution in [1.29, 1.82) is 0 Å². The van der Waals surface area contributed by atoms with Gasteiger partial charge in [0, 0.05) is 34.8 Å². The summed E-state index contributed by atoms with van der Waals surface area (Å²) >= 11 is 0. The van der Waals surface area contributed by atoms with Gasteiger partial charge >= 0.3 is 0 Å². The van der Waals surface area contributed by atoms with Crippen LogP contribution < -0.4 is 24.3 Å². The van der Waals surface area contributed by atoms with Crippen molar-refractivity contribution in [1.82, 2.24) is 0 Å². The SMILES string of the molecule is COc1ccc2c(CC(=O)Nc3cc(OC)c(OC)c(OC)c3)coc2c1. The first kappa shape index (κ1) is 18.4. The van der Waals surface area contributed by atoms with Gasteiger partial charge in [-0.15, -0.1) is 0 Å². The maximum Gasteiger partial charge on any atom is 0.228 e. The minimum absolute atomic E-state index is 0.163. The van der Waals surface area contributed by atoms with Crippen molar-refractivity contribution in [3.63, 3.8) is 0 Å². The number of hydrogen-bond acceptors (Lipinski definition) is 6. The zero-order chi connectivity index (χ0) is 19.4. The van der Waals surface area contributed by atoms with Crippen LogP contribution >= 0.6 is 0 Å². The second-order valence-corrected chi connectivity index (χ2v) is 5.76. The minimum Gasteiger partial charge on any atom is -0.497 e. The van der Waals surface area contributed by atoms with Gasteiger partial charge in [-0.1, -0.05) is 0 Å². The Hall–Kier alpha value is -3.35. The Bertz CT molecular complexity index is 937. The van der Waals surface area contributed by atoms with Gasteiger partial charge in [0.1, 0.15) is 11.3 Å². The molecule has 0 saturated carbocycles. The Morgan fingerprint density at radius 1 is 0.963 bits per heavy atom. The van der Waals surface area contributed by atoms with Crippen LogP contribution in [0.4, 0.5) is 5.69 Å². The summed E-state index contributed by atoms with van der Waals surface area (Å²) in [6.45, 7) is 0. The van der Waals surface area contributed by atoms with E-state index in [2.05, 4.69) is 5.32 Å². The van der Waals surface area contributed by atoms with Crippen molar-refractivity contribution < 1.29 is 28.2 Å². The van der Waals surface area contributed by atoms with Crippen molar-refractivity contribution in [3.8, 4) is 23.0 Å². The second kappa shape index (κ2) is 7.90. The van der Waals surface area contributed by atoms with Gasteiger partial charge in [0.05, 0.1) is 41.1 Å². The Balaban J connectivity index is 1.80. The Morgan fingerprint density at radius 2 is 1.67 bits per heavy atom. The number of benzene rings is 2. The number of hydrogen-bond donors (Lipinski definition) is 1. The molecule has 1 N–H and O–H groups in total. The maximum atomic E-state index is 12.5. The Kier molecular flexibility index (Phi) is 5.40. The lowest BCUT2D eigenvalue weighted by Crippen LogP contribution is -2.14. The van der Waals surface area contributed by atoms with Crippen LogP contribution in [-0.2, 0) is 11.2 Å². The Labute approximate surface area is 156 Å². The first-order chi connectivity index (χ1) is 13.1. The molecule has 0 atom stereocenters. The van der Waals surface area contributed by atoms with Gasteiger partial charge in [0.2, 0.25) is 11.7 Å². The first-order valence-electron chi connectivity index (χ1n) is 8.23. The molecule has 3 rings (SSSR count). The molecule has 0 aliphatic rings. The Morgan fingerprint density at radius 3 is 2.26 bits per heavy atom.